The highest BCUT2D eigenvalue weighted by atomic mass is 16.6. The van der Waals surface area contributed by atoms with E-state index in [-0.39, 0.29) is 11.0 Å². The van der Waals surface area contributed by atoms with Crippen molar-refractivity contribution in [1.29, 1.82) is 0 Å². The lowest BCUT2D eigenvalue weighted by atomic mass is 10.2. The summed E-state index contributed by atoms with van der Waals surface area (Å²) < 4.78 is 5.20. The number of amides is 2. The first-order chi connectivity index (χ1) is 9.12. The topological polar surface area (TPSA) is 69.4 Å². The molecule has 0 aliphatic carbocycles. The lowest BCUT2D eigenvalue weighted by molar-refractivity contribution is -0.844. The van der Waals surface area contributed by atoms with Crippen molar-refractivity contribution in [1.82, 2.24) is 0 Å². The van der Waals surface area contributed by atoms with Crippen molar-refractivity contribution in [3.8, 4) is 0 Å². The van der Waals surface area contributed by atoms with Crippen LogP contribution < -0.4 is 5.73 Å². The molecule has 1 rings (SSSR count). The van der Waals surface area contributed by atoms with E-state index in [0.29, 0.717) is 6.54 Å². The third-order valence-electron chi connectivity index (χ3n) is 2.71. The zero-order valence-electron chi connectivity index (χ0n) is 12.6. The summed E-state index contributed by atoms with van der Waals surface area (Å²) in [6.45, 7) is 5.65. The van der Waals surface area contributed by atoms with Gasteiger partial charge in [-0.1, -0.05) is 30.3 Å². The number of rotatable bonds is 4. The Morgan fingerprint density at radius 1 is 1.20 bits per heavy atom. The molecule has 0 saturated carbocycles. The molecular formula is C15H23N2O3+. The monoisotopic (exact) mass is 279 g/mol. The predicted octanol–water partition coefficient (Wildman–Crippen LogP) is 2.05. The Morgan fingerprint density at radius 3 is 2.20 bits per heavy atom. The molecule has 0 fully saturated rings. The van der Waals surface area contributed by atoms with Crippen molar-refractivity contribution in [2.45, 2.75) is 32.9 Å². The van der Waals surface area contributed by atoms with Gasteiger partial charge < -0.3 is 10.5 Å². The number of likely N-dealkylation sites (N-methyl/N-ethyl adjacent to an activating group) is 1. The van der Waals surface area contributed by atoms with Gasteiger partial charge in [-0.15, -0.1) is 0 Å². The van der Waals surface area contributed by atoms with Crippen molar-refractivity contribution >= 4 is 12.0 Å². The normalized spacial score (nSPS) is 14.4. The summed E-state index contributed by atoms with van der Waals surface area (Å²) in [6, 6.07) is 9.48. The summed E-state index contributed by atoms with van der Waals surface area (Å²) in [4.78, 5) is 23.6. The van der Waals surface area contributed by atoms with Crippen molar-refractivity contribution in [2.24, 2.45) is 5.73 Å². The predicted molar refractivity (Wildman–Crippen MR) is 76.6 cm³/mol. The second kappa shape index (κ2) is 6.05. The van der Waals surface area contributed by atoms with Gasteiger partial charge in [0.2, 0.25) is 0 Å². The second-order valence-electron chi connectivity index (χ2n) is 6.14. The second-order valence-corrected chi connectivity index (χ2v) is 6.14. The van der Waals surface area contributed by atoms with Gasteiger partial charge in [-0.3, -0.25) is 4.79 Å². The van der Waals surface area contributed by atoms with E-state index in [1.54, 1.807) is 27.8 Å². The van der Waals surface area contributed by atoms with Gasteiger partial charge in [0.05, 0.1) is 7.05 Å². The van der Waals surface area contributed by atoms with E-state index in [1.165, 1.54) is 0 Å². The van der Waals surface area contributed by atoms with Crippen molar-refractivity contribution in [3.05, 3.63) is 35.9 Å². The van der Waals surface area contributed by atoms with E-state index in [2.05, 4.69) is 0 Å². The Morgan fingerprint density at radius 2 is 1.75 bits per heavy atom. The summed E-state index contributed by atoms with van der Waals surface area (Å²) >= 11 is 0. The Hall–Kier alpha value is -1.88. The number of primary amides is 1. The molecule has 5 heteroatoms. The van der Waals surface area contributed by atoms with Crippen LogP contribution >= 0.6 is 0 Å². The smallest absolute Gasteiger partial charge is 0.414 e. The fourth-order valence-electron chi connectivity index (χ4n) is 1.89. The molecule has 0 radical (unpaired) electrons. The summed E-state index contributed by atoms with van der Waals surface area (Å²) in [5, 5.41) is 0. The molecule has 0 aliphatic rings. The van der Waals surface area contributed by atoms with Gasteiger partial charge in [0, 0.05) is 5.56 Å². The number of hydrogen-bond donors (Lipinski definition) is 1. The number of benzene rings is 1. The molecule has 20 heavy (non-hydrogen) atoms. The minimum Gasteiger partial charge on any atom is -0.414 e. The van der Waals surface area contributed by atoms with E-state index < -0.39 is 17.6 Å². The highest BCUT2D eigenvalue weighted by Gasteiger charge is 2.38. The Kier molecular flexibility index (Phi) is 4.89. The highest BCUT2D eigenvalue weighted by molar-refractivity contribution is 5.77. The van der Waals surface area contributed by atoms with Crippen LogP contribution in [-0.4, -0.2) is 35.7 Å². The van der Waals surface area contributed by atoms with Gasteiger partial charge in [0.25, 0.3) is 5.91 Å². The number of nitrogens with zero attached hydrogens (tertiary/aromatic N) is 1. The standard InChI is InChI=1S/C15H22N2O3/c1-15(2,3)20-14(19)17(4,11-13(16)18)10-12-8-6-5-7-9-12/h5-9H,10-11H2,1-4H3,(H-,16,18)/p+1. The summed E-state index contributed by atoms with van der Waals surface area (Å²) in [5.41, 5.74) is 5.61. The van der Waals surface area contributed by atoms with Gasteiger partial charge in [-0.05, 0) is 20.8 Å². The number of quaternary nitrogens is 1. The molecule has 1 atom stereocenters. The first-order valence-electron chi connectivity index (χ1n) is 6.53. The minimum atomic E-state index is -0.606. The average Bonchev–Trinajstić information content (AvgIpc) is 2.26. The van der Waals surface area contributed by atoms with Gasteiger partial charge >= 0.3 is 6.09 Å². The van der Waals surface area contributed by atoms with Gasteiger partial charge in [-0.2, -0.15) is 4.79 Å². The van der Waals surface area contributed by atoms with E-state index in [9.17, 15) is 9.59 Å². The van der Waals surface area contributed by atoms with Crippen molar-refractivity contribution in [3.63, 3.8) is 0 Å². The van der Waals surface area contributed by atoms with Crippen LogP contribution in [0.15, 0.2) is 30.3 Å². The van der Waals surface area contributed by atoms with Crippen LogP contribution in [-0.2, 0) is 16.1 Å². The molecule has 5 nitrogen and oxygen atoms in total. The molecule has 0 aromatic heterocycles. The first-order valence-corrected chi connectivity index (χ1v) is 6.53. The third-order valence-corrected chi connectivity index (χ3v) is 2.71. The lowest BCUT2D eigenvalue weighted by Gasteiger charge is -2.32. The number of carbonyl (C=O) groups excluding carboxylic acids is 2. The van der Waals surface area contributed by atoms with Crippen molar-refractivity contribution < 1.29 is 18.8 Å². The zero-order chi connectivity index (χ0) is 15.4. The first kappa shape index (κ1) is 16.2. The molecule has 2 amide bonds. The van der Waals surface area contributed by atoms with Crippen LogP contribution in [0.1, 0.15) is 26.3 Å². The quantitative estimate of drug-likeness (QED) is 0.858. The van der Waals surface area contributed by atoms with Gasteiger partial charge in [0.15, 0.2) is 6.54 Å². The van der Waals surface area contributed by atoms with Crippen LogP contribution in [0, 0.1) is 0 Å². The maximum absolute atomic E-state index is 12.4. The molecule has 1 aromatic carbocycles. The molecule has 1 unspecified atom stereocenters. The molecule has 0 spiro atoms. The van der Waals surface area contributed by atoms with Crippen molar-refractivity contribution in [2.75, 3.05) is 13.6 Å². The highest BCUT2D eigenvalue weighted by Crippen LogP contribution is 2.18. The average molecular weight is 279 g/mol. The number of nitrogens with two attached hydrogens (primary N) is 1. The van der Waals surface area contributed by atoms with Crippen LogP contribution in [0.25, 0.3) is 0 Å². The maximum Gasteiger partial charge on any atom is 0.517 e. The number of hydrogen-bond acceptors (Lipinski definition) is 3. The van der Waals surface area contributed by atoms with Crippen LogP contribution in [0.2, 0.25) is 0 Å². The summed E-state index contributed by atoms with van der Waals surface area (Å²) in [7, 11) is 1.66. The van der Waals surface area contributed by atoms with Gasteiger partial charge in [-0.25, -0.2) is 4.48 Å². The van der Waals surface area contributed by atoms with E-state index in [4.69, 9.17) is 10.5 Å². The van der Waals surface area contributed by atoms with Crippen LogP contribution in [0.5, 0.6) is 0 Å². The number of carbonyl (C=O) groups is 2. The largest absolute Gasteiger partial charge is 0.517 e. The number of ether oxygens (including phenoxy) is 1. The SMILES string of the molecule is CC(C)(C)OC(=O)[N+](C)(CC(N)=O)Cc1ccccc1. The molecule has 0 bridgehead atoms. The molecule has 0 aliphatic heterocycles. The molecule has 1 aromatic rings. The third kappa shape index (κ3) is 5.01. The van der Waals surface area contributed by atoms with Crippen LogP contribution in [0.4, 0.5) is 4.79 Å². The summed E-state index contributed by atoms with van der Waals surface area (Å²) in [6.07, 6.45) is -0.458. The minimum absolute atomic E-state index is 0.0934. The zero-order valence-corrected chi connectivity index (χ0v) is 12.6. The molecular weight excluding hydrogens is 256 g/mol. The summed E-state index contributed by atoms with van der Waals surface area (Å²) in [5.74, 6) is -0.533. The lowest BCUT2D eigenvalue weighted by Crippen LogP contribution is -2.54. The van der Waals surface area contributed by atoms with Crippen LogP contribution in [0.3, 0.4) is 0 Å². The fraction of sp³-hybridized carbons (Fsp3) is 0.467. The Bertz CT molecular complexity index is 480. The van der Waals surface area contributed by atoms with E-state index >= 15 is 0 Å². The van der Waals surface area contributed by atoms with E-state index in [0.717, 1.165) is 5.56 Å². The molecule has 0 saturated heterocycles. The molecule has 2 N–H and O–H groups in total. The Balaban J connectivity index is 2.97. The van der Waals surface area contributed by atoms with Gasteiger partial charge in [0.1, 0.15) is 12.1 Å². The molecule has 110 valence electrons. The fourth-order valence-corrected chi connectivity index (χ4v) is 1.89. The maximum atomic E-state index is 12.4. The van der Waals surface area contributed by atoms with E-state index in [1.807, 2.05) is 30.3 Å². The Labute approximate surface area is 119 Å². The molecule has 0 heterocycles.